The predicted molar refractivity (Wildman–Crippen MR) is 124 cm³/mol. The molecule has 0 aliphatic carbocycles. The second-order valence-electron chi connectivity index (χ2n) is 8.87. The third-order valence-corrected chi connectivity index (χ3v) is 4.08. The van der Waals surface area contributed by atoms with Gasteiger partial charge in [0.05, 0.1) is 0 Å². The van der Waals surface area contributed by atoms with Gasteiger partial charge in [0.2, 0.25) is 0 Å². The Balaban J connectivity index is 0. The van der Waals surface area contributed by atoms with Crippen LogP contribution in [-0.2, 0) is 4.79 Å². The molecule has 156 valence electrons. The zero-order valence-corrected chi connectivity index (χ0v) is 19.9. The van der Waals surface area contributed by atoms with Crippen LogP contribution < -0.4 is 0 Å². The van der Waals surface area contributed by atoms with Gasteiger partial charge in [-0.05, 0) is 85.6 Å². The molecule has 1 nitrogen and oxygen atoms in total. The summed E-state index contributed by atoms with van der Waals surface area (Å²) in [4.78, 5) is 11.4. The van der Waals surface area contributed by atoms with Crippen LogP contribution in [0.5, 0.6) is 0 Å². The van der Waals surface area contributed by atoms with Crippen molar-refractivity contribution in [2.75, 3.05) is 0 Å². The lowest BCUT2D eigenvalue weighted by atomic mass is 10.0. The van der Waals surface area contributed by atoms with Gasteiger partial charge in [-0.15, -0.1) is 0 Å². The van der Waals surface area contributed by atoms with E-state index < -0.39 is 0 Å². The van der Waals surface area contributed by atoms with Crippen molar-refractivity contribution in [1.82, 2.24) is 0 Å². The van der Waals surface area contributed by atoms with E-state index in [4.69, 9.17) is 0 Å². The summed E-state index contributed by atoms with van der Waals surface area (Å²) in [7, 11) is 0. The highest BCUT2D eigenvalue weighted by atomic mass is 16.1. The van der Waals surface area contributed by atoms with Crippen LogP contribution in [0, 0.1) is 11.8 Å². The first-order valence-electron chi connectivity index (χ1n) is 10.6. The number of carbonyl (C=O) groups is 1. The average molecular weight is 375 g/mol. The van der Waals surface area contributed by atoms with Gasteiger partial charge in [-0.1, -0.05) is 68.2 Å². The molecule has 0 aromatic rings. The summed E-state index contributed by atoms with van der Waals surface area (Å²) in [6.07, 6.45) is 14.3. The summed E-state index contributed by atoms with van der Waals surface area (Å²) in [5, 5.41) is 0. The van der Waals surface area contributed by atoms with E-state index in [0.29, 0.717) is 0 Å². The van der Waals surface area contributed by atoms with Gasteiger partial charge in [0.1, 0.15) is 0 Å². The summed E-state index contributed by atoms with van der Waals surface area (Å²) in [5.74, 6) is 1.14. The Morgan fingerprint density at radius 1 is 0.704 bits per heavy atom. The Morgan fingerprint density at radius 2 is 1.15 bits per heavy atom. The largest absolute Gasteiger partial charge is 0.295 e. The SMILES string of the molecule is CC(C)=CCC/C(C)=C/C(=O)C(C)C.CC(C)=CCC/C(C)=C/CC(C)C. The zero-order valence-electron chi connectivity index (χ0n) is 19.9. The topological polar surface area (TPSA) is 17.1 Å². The van der Waals surface area contributed by atoms with Crippen molar-refractivity contribution >= 4 is 5.78 Å². The molecule has 27 heavy (non-hydrogen) atoms. The zero-order chi connectivity index (χ0) is 21.4. The number of hydrogen-bond acceptors (Lipinski definition) is 1. The fourth-order valence-corrected chi connectivity index (χ4v) is 2.20. The molecule has 0 amide bonds. The maximum absolute atomic E-state index is 11.4. The maximum atomic E-state index is 11.4. The minimum Gasteiger partial charge on any atom is -0.295 e. The van der Waals surface area contributed by atoms with E-state index >= 15 is 0 Å². The van der Waals surface area contributed by atoms with Crippen LogP contribution in [0.1, 0.15) is 101 Å². The molecular weight excluding hydrogens is 328 g/mol. The quantitative estimate of drug-likeness (QED) is 0.276. The van der Waals surface area contributed by atoms with Crippen molar-refractivity contribution in [2.45, 2.75) is 101 Å². The van der Waals surface area contributed by atoms with E-state index in [9.17, 15) is 4.79 Å². The third-order valence-electron chi connectivity index (χ3n) is 4.08. The lowest BCUT2D eigenvalue weighted by Gasteiger charge is -2.01. The fourth-order valence-electron chi connectivity index (χ4n) is 2.20. The Hall–Kier alpha value is -1.37. The van der Waals surface area contributed by atoms with Gasteiger partial charge in [-0.3, -0.25) is 4.79 Å². The van der Waals surface area contributed by atoms with Gasteiger partial charge < -0.3 is 0 Å². The first-order valence-corrected chi connectivity index (χ1v) is 10.6. The van der Waals surface area contributed by atoms with Gasteiger partial charge >= 0.3 is 0 Å². The first kappa shape index (κ1) is 27.8. The molecule has 1 heteroatoms. The Bertz CT molecular complexity index is 516. The van der Waals surface area contributed by atoms with E-state index in [0.717, 1.165) is 18.8 Å². The molecule has 0 aromatic carbocycles. The summed E-state index contributed by atoms with van der Waals surface area (Å²) in [6.45, 7) is 21.2. The molecule has 0 unspecified atom stereocenters. The van der Waals surface area contributed by atoms with E-state index in [-0.39, 0.29) is 11.7 Å². The summed E-state index contributed by atoms with van der Waals surface area (Å²) in [5.41, 5.74) is 5.48. The summed E-state index contributed by atoms with van der Waals surface area (Å²) >= 11 is 0. The smallest absolute Gasteiger partial charge is 0.158 e. The van der Waals surface area contributed by atoms with E-state index in [2.05, 4.69) is 66.7 Å². The number of rotatable bonds is 10. The normalized spacial score (nSPS) is 11.9. The van der Waals surface area contributed by atoms with E-state index in [1.807, 2.05) is 20.8 Å². The molecule has 0 aromatic heterocycles. The lowest BCUT2D eigenvalue weighted by Crippen LogP contribution is -2.03. The van der Waals surface area contributed by atoms with Gasteiger partial charge in [0.15, 0.2) is 5.78 Å². The Morgan fingerprint density at radius 3 is 1.52 bits per heavy atom. The van der Waals surface area contributed by atoms with Crippen molar-refractivity contribution < 1.29 is 4.79 Å². The molecule has 0 heterocycles. The highest BCUT2D eigenvalue weighted by Gasteiger charge is 2.03. The molecule has 0 N–H and O–H groups in total. The van der Waals surface area contributed by atoms with Crippen LogP contribution in [0.25, 0.3) is 0 Å². The number of hydrogen-bond donors (Lipinski definition) is 0. The number of allylic oxidation sites excluding steroid dienone is 8. The van der Waals surface area contributed by atoms with Crippen molar-refractivity contribution in [1.29, 1.82) is 0 Å². The summed E-state index contributed by atoms with van der Waals surface area (Å²) < 4.78 is 0. The second kappa shape index (κ2) is 16.8. The standard InChI is InChI=1S/C13H22O.C13H24/c1-10(2)7-6-8-12(5)9-13(14)11(3)4;1-11(2)7-6-8-13(5)10-9-12(3)4/h7,9,11H,6,8H2,1-5H3;7,10,12H,6,8-9H2,1-5H3/b12-9+;13-10+. The van der Waals surface area contributed by atoms with Crippen molar-refractivity contribution in [2.24, 2.45) is 11.8 Å². The van der Waals surface area contributed by atoms with Crippen molar-refractivity contribution in [3.63, 3.8) is 0 Å². The lowest BCUT2D eigenvalue weighted by molar-refractivity contribution is -0.117. The second-order valence-corrected chi connectivity index (χ2v) is 8.87. The molecule has 0 saturated heterocycles. The highest BCUT2D eigenvalue weighted by Crippen LogP contribution is 2.10. The highest BCUT2D eigenvalue weighted by molar-refractivity contribution is 5.91. The minimum absolute atomic E-state index is 0.119. The molecule has 0 aliphatic rings. The van der Waals surface area contributed by atoms with Crippen LogP contribution >= 0.6 is 0 Å². The van der Waals surface area contributed by atoms with Gasteiger partial charge in [-0.2, -0.15) is 0 Å². The average Bonchev–Trinajstić information content (AvgIpc) is 2.52. The molecule has 0 fully saturated rings. The van der Waals surface area contributed by atoms with E-state index in [1.54, 1.807) is 6.08 Å². The molecule has 0 atom stereocenters. The van der Waals surface area contributed by atoms with Crippen LogP contribution in [0.3, 0.4) is 0 Å². The van der Waals surface area contributed by atoms with Crippen molar-refractivity contribution in [3.05, 3.63) is 46.6 Å². The maximum Gasteiger partial charge on any atom is 0.158 e. The molecule has 0 bridgehead atoms. The monoisotopic (exact) mass is 374 g/mol. The number of ketones is 1. The van der Waals surface area contributed by atoms with Gasteiger partial charge in [0.25, 0.3) is 0 Å². The van der Waals surface area contributed by atoms with E-state index in [1.165, 1.54) is 41.6 Å². The molecule has 0 rings (SSSR count). The van der Waals surface area contributed by atoms with Crippen LogP contribution in [0.4, 0.5) is 0 Å². The Kier molecular flexibility index (Phi) is 17.3. The molecule has 0 radical (unpaired) electrons. The fraction of sp³-hybridized carbons (Fsp3) is 0.654. The summed E-state index contributed by atoms with van der Waals surface area (Å²) in [6, 6.07) is 0. The van der Waals surface area contributed by atoms with Gasteiger partial charge in [-0.25, -0.2) is 0 Å². The van der Waals surface area contributed by atoms with Crippen LogP contribution in [0.15, 0.2) is 46.6 Å². The predicted octanol–water partition coefficient (Wildman–Crippen LogP) is 8.63. The minimum atomic E-state index is 0.119. The molecule has 0 saturated carbocycles. The van der Waals surface area contributed by atoms with Crippen LogP contribution in [-0.4, -0.2) is 5.78 Å². The van der Waals surface area contributed by atoms with Crippen LogP contribution in [0.2, 0.25) is 0 Å². The first-order chi connectivity index (χ1) is 12.5. The van der Waals surface area contributed by atoms with Gasteiger partial charge in [0, 0.05) is 5.92 Å². The third kappa shape index (κ3) is 22.6. The molecular formula is C26H46O. The molecule has 0 aliphatic heterocycles. The molecule has 0 spiro atoms. The number of carbonyl (C=O) groups excluding carboxylic acids is 1. The Labute approximate surface area is 170 Å². The van der Waals surface area contributed by atoms with Crippen molar-refractivity contribution in [3.8, 4) is 0 Å².